The van der Waals surface area contributed by atoms with Crippen molar-refractivity contribution in [2.75, 3.05) is 6.61 Å². The van der Waals surface area contributed by atoms with Crippen LogP contribution in [-0.2, 0) is 11.2 Å². The molecule has 0 aromatic carbocycles. The van der Waals surface area contributed by atoms with Crippen molar-refractivity contribution in [2.24, 2.45) is 5.92 Å². The number of hydrogen-bond acceptors (Lipinski definition) is 4. The molecule has 0 amide bonds. The SMILES string of the molecule is CCOC(=O)c1cc2c([nH]c1=O)CC(C(F)F)CC2=O. The van der Waals surface area contributed by atoms with Gasteiger partial charge in [-0.1, -0.05) is 0 Å². The molecule has 0 bridgehead atoms. The van der Waals surface area contributed by atoms with E-state index in [1.54, 1.807) is 6.92 Å². The Morgan fingerprint density at radius 3 is 2.75 bits per heavy atom. The van der Waals surface area contributed by atoms with Crippen LogP contribution in [0.15, 0.2) is 10.9 Å². The van der Waals surface area contributed by atoms with Crippen LogP contribution < -0.4 is 5.56 Å². The number of ether oxygens (including phenoxy) is 1. The van der Waals surface area contributed by atoms with Gasteiger partial charge in [-0.2, -0.15) is 0 Å². The van der Waals surface area contributed by atoms with Gasteiger partial charge in [-0.05, 0) is 19.4 Å². The number of ketones is 1. The second kappa shape index (κ2) is 5.52. The molecule has 1 aliphatic rings. The summed E-state index contributed by atoms with van der Waals surface area (Å²) < 4.78 is 30.1. The monoisotopic (exact) mass is 285 g/mol. The molecule has 20 heavy (non-hydrogen) atoms. The summed E-state index contributed by atoms with van der Waals surface area (Å²) in [5.74, 6) is -2.43. The quantitative estimate of drug-likeness (QED) is 0.855. The summed E-state index contributed by atoms with van der Waals surface area (Å²) in [6.45, 7) is 1.68. The fraction of sp³-hybridized carbons (Fsp3) is 0.462. The Morgan fingerprint density at radius 2 is 2.15 bits per heavy atom. The third-order valence-corrected chi connectivity index (χ3v) is 3.19. The van der Waals surface area contributed by atoms with Crippen molar-refractivity contribution < 1.29 is 23.1 Å². The normalized spacial score (nSPS) is 18.0. The minimum atomic E-state index is -2.62. The molecule has 1 aromatic rings. The van der Waals surface area contributed by atoms with Gasteiger partial charge in [-0.15, -0.1) is 0 Å². The first-order chi connectivity index (χ1) is 9.43. The molecule has 108 valence electrons. The number of carbonyl (C=O) groups is 2. The first-order valence-corrected chi connectivity index (χ1v) is 6.18. The molecule has 0 fully saturated rings. The standard InChI is InChI=1S/C13H13F2NO4/c1-2-20-13(19)8-5-7-9(16-12(8)18)3-6(11(14)15)4-10(7)17/h5-6,11H,2-4H2,1H3,(H,16,18). The molecule has 1 N–H and O–H groups in total. The third kappa shape index (κ3) is 2.61. The number of hydrogen-bond donors (Lipinski definition) is 1. The highest BCUT2D eigenvalue weighted by atomic mass is 19.3. The summed E-state index contributed by atoms with van der Waals surface area (Å²) in [5.41, 5.74) is -0.742. The number of pyridine rings is 1. The number of esters is 1. The molecule has 0 spiro atoms. The molecule has 7 heteroatoms. The Labute approximate surface area is 112 Å². The van der Waals surface area contributed by atoms with Crippen molar-refractivity contribution in [3.05, 3.63) is 33.2 Å². The average molecular weight is 285 g/mol. The smallest absolute Gasteiger partial charge is 0.343 e. The Bertz CT molecular complexity index is 609. The van der Waals surface area contributed by atoms with E-state index in [0.29, 0.717) is 0 Å². The van der Waals surface area contributed by atoms with E-state index in [4.69, 9.17) is 4.74 Å². The minimum Gasteiger partial charge on any atom is -0.462 e. The lowest BCUT2D eigenvalue weighted by atomic mass is 9.85. The lowest BCUT2D eigenvalue weighted by molar-refractivity contribution is 0.0522. The van der Waals surface area contributed by atoms with E-state index in [9.17, 15) is 23.2 Å². The highest BCUT2D eigenvalue weighted by Gasteiger charge is 2.32. The zero-order chi connectivity index (χ0) is 14.9. The number of aromatic nitrogens is 1. The summed E-state index contributed by atoms with van der Waals surface area (Å²) in [7, 11) is 0. The molecule has 0 radical (unpaired) electrons. The van der Waals surface area contributed by atoms with Crippen LogP contribution in [0.3, 0.4) is 0 Å². The predicted octanol–water partition coefficient (Wildman–Crippen LogP) is 1.56. The van der Waals surface area contributed by atoms with Gasteiger partial charge in [0.25, 0.3) is 5.56 Å². The summed E-state index contributed by atoms with van der Waals surface area (Å²) in [6.07, 6.45) is -3.00. The van der Waals surface area contributed by atoms with Crippen LogP contribution in [-0.4, -0.2) is 29.8 Å². The number of aromatic amines is 1. The first kappa shape index (κ1) is 14.4. The van der Waals surface area contributed by atoms with Crippen LogP contribution in [0, 0.1) is 5.92 Å². The predicted molar refractivity (Wildman–Crippen MR) is 65.2 cm³/mol. The van der Waals surface area contributed by atoms with E-state index in [1.165, 1.54) is 0 Å². The van der Waals surface area contributed by atoms with Crippen molar-refractivity contribution in [3.63, 3.8) is 0 Å². The van der Waals surface area contributed by atoms with Gasteiger partial charge in [-0.3, -0.25) is 9.59 Å². The minimum absolute atomic E-state index is 0.0862. The first-order valence-electron chi connectivity index (χ1n) is 6.18. The van der Waals surface area contributed by atoms with Crippen molar-refractivity contribution in [1.29, 1.82) is 0 Å². The molecular formula is C13H13F2NO4. The van der Waals surface area contributed by atoms with Crippen molar-refractivity contribution in [1.82, 2.24) is 4.98 Å². The van der Waals surface area contributed by atoms with Crippen LogP contribution in [0.4, 0.5) is 8.78 Å². The molecule has 2 rings (SSSR count). The van der Waals surface area contributed by atoms with Gasteiger partial charge in [-0.25, -0.2) is 13.6 Å². The van der Waals surface area contributed by atoms with Gasteiger partial charge >= 0.3 is 5.97 Å². The van der Waals surface area contributed by atoms with E-state index < -0.39 is 29.7 Å². The highest BCUT2D eigenvalue weighted by Crippen LogP contribution is 2.28. The summed E-state index contributed by atoms with van der Waals surface area (Å²) >= 11 is 0. The van der Waals surface area contributed by atoms with Gasteiger partial charge in [0, 0.05) is 23.6 Å². The topological polar surface area (TPSA) is 76.2 Å². The maximum atomic E-state index is 12.7. The molecule has 1 aliphatic carbocycles. The van der Waals surface area contributed by atoms with E-state index >= 15 is 0 Å². The van der Waals surface area contributed by atoms with Crippen molar-refractivity contribution in [2.45, 2.75) is 26.2 Å². The van der Waals surface area contributed by atoms with E-state index in [2.05, 4.69) is 4.98 Å². The largest absolute Gasteiger partial charge is 0.462 e. The van der Waals surface area contributed by atoms with Gasteiger partial charge in [0.15, 0.2) is 5.78 Å². The van der Waals surface area contributed by atoms with Gasteiger partial charge in [0.2, 0.25) is 6.43 Å². The zero-order valence-corrected chi connectivity index (χ0v) is 10.7. The zero-order valence-electron chi connectivity index (χ0n) is 10.7. The summed E-state index contributed by atoms with van der Waals surface area (Å²) in [4.78, 5) is 37.5. The molecule has 1 aromatic heterocycles. The van der Waals surface area contributed by atoms with E-state index in [1.807, 2.05) is 0 Å². The van der Waals surface area contributed by atoms with E-state index in [0.717, 1.165) is 6.07 Å². The number of nitrogens with one attached hydrogen (secondary N) is 1. The lowest BCUT2D eigenvalue weighted by Crippen LogP contribution is -2.30. The van der Waals surface area contributed by atoms with Crippen molar-refractivity contribution >= 4 is 11.8 Å². The fourth-order valence-electron chi connectivity index (χ4n) is 2.20. The maximum Gasteiger partial charge on any atom is 0.343 e. The molecule has 0 aliphatic heterocycles. The highest BCUT2D eigenvalue weighted by molar-refractivity contribution is 6.00. The van der Waals surface area contributed by atoms with Gasteiger partial charge in [0.05, 0.1) is 6.61 Å². The number of Topliss-reactive ketones (excluding diaryl/α,β-unsaturated/α-hetero) is 1. The van der Waals surface area contributed by atoms with Gasteiger partial charge in [0.1, 0.15) is 5.56 Å². The molecule has 1 atom stereocenters. The Morgan fingerprint density at radius 1 is 1.45 bits per heavy atom. The van der Waals surface area contributed by atoms with Gasteiger partial charge < -0.3 is 9.72 Å². The van der Waals surface area contributed by atoms with E-state index in [-0.39, 0.29) is 36.3 Å². The second-order valence-corrected chi connectivity index (χ2v) is 4.55. The van der Waals surface area contributed by atoms with Crippen LogP contribution in [0.1, 0.15) is 39.8 Å². The number of H-pyrrole nitrogens is 1. The Hall–Kier alpha value is -2.05. The number of halogens is 2. The lowest BCUT2D eigenvalue weighted by Gasteiger charge is -2.22. The van der Waals surface area contributed by atoms with Crippen molar-refractivity contribution in [3.8, 4) is 0 Å². The second-order valence-electron chi connectivity index (χ2n) is 4.55. The summed E-state index contributed by atoms with van der Waals surface area (Å²) in [6, 6.07) is 1.14. The number of alkyl halides is 2. The molecular weight excluding hydrogens is 272 g/mol. The Kier molecular flexibility index (Phi) is 3.96. The summed E-state index contributed by atoms with van der Waals surface area (Å²) in [5, 5.41) is 0. The third-order valence-electron chi connectivity index (χ3n) is 3.19. The maximum absolute atomic E-state index is 12.7. The van der Waals surface area contributed by atoms with Crippen LogP contribution in [0.25, 0.3) is 0 Å². The molecule has 5 nitrogen and oxygen atoms in total. The fourth-order valence-corrected chi connectivity index (χ4v) is 2.20. The number of carbonyl (C=O) groups excluding carboxylic acids is 2. The average Bonchev–Trinajstić information content (AvgIpc) is 2.37. The van der Waals surface area contributed by atoms with Crippen LogP contribution >= 0.6 is 0 Å². The Balaban J connectivity index is 2.42. The molecule has 1 unspecified atom stereocenters. The number of fused-ring (bicyclic) bond motifs is 1. The van der Waals surface area contributed by atoms with Crippen LogP contribution in [0.5, 0.6) is 0 Å². The molecule has 0 saturated heterocycles. The number of rotatable bonds is 3. The molecule has 1 heterocycles. The van der Waals surface area contributed by atoms with Crippen LogP contribution in [0.2, 0.25) is 0 Å². The molecule has 0 saturated carbocycles.